The molecule has 1 aromatic heterocycles. The molecule has 0 amide bonds. The second kappa shape index (κ2) is 7.00. The van der Waals surface area contributed by atoms with Gasteiger partial charge in [-0.1, -0.05) is 6.92 Å². The minimum atomic E-state index is 0.551. The molecule has 0 aromatic carbocycles. The molecule has 0 radical (unpaired) electrons. The van der Waals surface area contributed by atoms with Gasteiger partial charge in [-0.25, -0.2) is 9.97 Å². The highest BCUT2D eigenvalue weighted by Crippen LogP contribution is 2.11. The van der Waals surface area contributed by atoms with Crippen molar-refractivity contribution in [1.82, 2.24) is 15.3 Å². The molecule has 90 valence electrons. The van der Waals surface area contributed by atoms with E-state index in [1.165, 1.54) is 6.33 Å². The monoisotopic (exact) mass is 224 g/mol. The predicted molar refractivity (Wildman–Crippen MR) is 64.8 cm³/mol. The van der Waals surface area contributed by atoms with E-state index in [0.29, 0.717) is 18.4 Å². The van der Waals surface area contributed by atoms with Crippen LogP contribution in [0.15, 0.2) is 12.4 Å². The van der Waals surface area contributed by atoms with Crippen molar-refractivity contribution in [2.24, 2.45) is 5.92 Å². The van der Waals surface area contributed by atoms with E-state index in [4.69, 9.17) is 4.74 Å². The highest BCUT2D eigenvalue weighted by Gasteiger charge is 2.02. The molecule has 5 nitrogen and oxygen atoms in total. The Labute approximate surface area is 96.6 Å². The van der Waals surface area contributed by atoms with Gasteiger partial charge in [0.05, 0.1) is 6.61 Å². The third kappa shape index (κ3) is 4.44. The second-order valence-electron chi connectivity index (χ2n) is 3.72. The minimum absolute atomic E-state index is 0.551. The number of rotatable bonds is 7. The molecule has 5 heteroatoms. The van der Waals surface area contributed by atoms with Crippen molar-refractivity contribution in [3.63, 3.8) is 0 Å². The summed E-state index contributed by atoms with van der Waals surface area (Å²) in [7, 11) is 1.95. The van der Waals surface area contributed by atoms with Crippen molar-refractivity contribution >= 4 is 5.82 Å². The first-order chi connectivity index (χ1) is 7.76. The number of nitrogens with one attached hydrogen (secondary N) is 2. The SMILES string of the molecule is CCOc1cc(NCC(C)CNC)ncn1. The van der Waals surface area contributed by atoms with Crippen LogP contribution in [0, 0.1) is 5.92 Å². The van der Waals surface area contributed by atoms with Crippen LogP contribution >= 0.6 is 0 Å². The molecular formula is C11H20N4O. The van der Waals surface area contributed by atoms with Crippen LogP contribution in [0.1, 0.15) is 13.8 Å². The molecule has 0 saturated heterocycles. The summed E-state index contributed by atoms with van der Waals surface area (Å²) < 4.78 is 5.30. The summed E-state index contributed by atoms with van der Waals surface area (Å²) in [6, 6.07) is 1.82. The van der Waals surface area contributed by atoms with Crippen LogP contribution in [0.5, 0.6) is 5.88 Å². The number of hydrogen-bond donors (Lipinski definition) is 2. The molecule has 0 aliphatic rings. The maximum atomic E-state index is 5.30. The van der Waals surface area contributed by atoms with E-state index in [1.54, 1.807) is 0 Å². The molecular weight excluding hydrogens is 204 g/mol. The van der Waals surface area contributed by atoms with Gasteiger partial charge in [-0.15, -0.1) is 0 Å². The van der Waals surface area contributed by atoms with Gasteiger partial charge in [0.1, 0.15) is 12.1 Å². The molecule has 1 aromatic rings. The van der Waals surface area contributed by atoms with Gasteiger partial charge in [0.25, 0.3) is 0 Å². The first-order valence-corrected chi connectivity index (χ1v) is 5.59. The second-order valence-corrected chi connectivity index (χ2v) is 3.72. The maximum Gasteiger partial charge on any atom is 0.218 e. The third-order valence-corrected chi connectivity index (χ3v) is 2.12. The van der Waals surface area contributed by atoms with E-state index in [-0.39, 0.29) is 0 Å². The highest BCUT2D eigenvalue weighted by atomic mass is 16.5. The van der Waals surface area contributed by atoms with Crippen molar-refractivity contribution in [2.45, 2.75) is 13.8 Å². The Bertz CT molecular complexity index is 306. The minimum Gasteiger partial charge on any atom is -0.478 e. The summed E-state index contributed by atoms with van der Waals surface area (Å²) in [6.07, 6.45) is 1.51. The van der Waals surface area contributed by atoms with Gasteiger partial charge in [0.15, 0.2) is 0 Å². The standard InChI is InChI=1S/C11H20N4O/c1-4-16-11-5-10(14-8-15-11)13-7-9(2)6-12-3/h5,8-9,12H,4,6-7H2,1-3H3,(H,13,14,15). The van der Waals surface area contributed by atoms with Crippen molar-refractivity contribution in [3.8, 4) is 5.88 Å². The zero-order chi connectivity index (χ0) is 11.8. The smallest absolute Gasteiger partial charge is 0.218 e. The van der Waals surface area contributed by atoms with Gasteiger partial charge >= 0.3 is 0 Å². The first-order valence-electron chi connectivity index (χ1n) is 5.59. The van der Waals surface area contributed by atoms with E-state index in [1.807, 2.05) is 20.0 Å². The van der Waals surface area contributed by atoms with Gasteiger partial charge in [0, 0.05) is 12.6 Å². The van der Waals surface area contributed by atoms with Crippen LogP contribution in [-0.2, 0) is 0 Å². The Kier molecular flexibility index (Phi) is 5.56. The molecule has 1 unspecified atom stereocenters. The van der Waals surface area contributed by atoms with Gasteiger partial charge in [-0.2, -0.15) is 0 Å². The van der Waals surface area contributed by atoms with Crippen molar-refractivity contribution in [1.29, 1.82) is 0 Å². The normalized spacial score (nSPS) is 12.2. The lowest BCUT2D eigenvalue weighted by Crippen LogP contribution is -2.23. The quantitative estimate of drug-likeness (QED) is 0.727. The molecule has 1 heterocycles. The van der Waals surface area contributed by atoms with E-state index in [2.05, 4.69) is 27.5 Å². The molecule has 0 saturated carbocycles. The Balaban J connectivity index is 2.44. The predicted octanol–water partition coefficient (Wildman–Crippen LogP) is 1.14. The Morgan fingerprint density at radius 1 is 1.38 bits per heavy atom. The lowest BCUT2D eigenvalue weighted by Gasteiger charge is -2.12. The van der Waals surface area contributed by atoms with Crippen LogP contribution in [0.2, 0.25) is 0 Å². The number of aromatic nitrogens is 2. The number of nitrogens with zero attached hydrogens (tertiary/aromatic N) is 2. The summed E-state index contributed by atoms with van der Waals surface area (Å²) in [6.45, 7) is 6.59. The fraction of sp³-hybridized carbons (Fsp3) is 0.636. The summed E-state index contributed by atoms with van der Waals surface area (Å²) in [5.41, 5.74) is 0. The molecule has 1 rings (SSSR count). The Morgan fingerprint density at radius 3 is 2.88 bits per heavy atom. The summed E-state index contributed by atoms with van der Waals surface area (Å²) >= 11 is 0. The van der Waals surface area contributed by atoms with Crippen LogP contribution in [-0.4, -0.2) is 36.7 Å². The third-order valence-electron chi connectivity index (χ3n) is 2.12. The molecule has 0 spiro atoms. The van der Waals surface area contributed by atoms with E-state index in [9.17, 15) is 0 Å². The van der Waals surface area contributed by atoms with Crippen LogP contribution in [0.3, 0.4) is 0 Å². The van der Waals surface area contributed by atoms with E-state index < -0.39 is 0 Å². The molecule has 0 bridgehead atoms. The number of ether oxygens (including phenoxy) is 1. The lowest BCUT2D eigenvalue weighted by atomic mass is 10.2. The zero-order valence-corrected chi connectivity index (χ0v) is 10.2. The summed E-state index contributed by atoms with van der Waals surface area (Å²) in [5, 5.41) is 6.39. The van der Waals surface area contributed by atoms with E-state index >= 15 is 0 Å². The summed E-state index contributed by atoms with van der Waals surface area (Å²) in [5.74, 6) is 1.97. The Hall–Kier alpha value is -1.36. The topological polar surface area (TPSA) is 59.1 Å². The number of hydrogen-bond acceptors (Lipinski definition) is 5. The molecule has 1 atom stereocenters. The fourth-order valence-corrected chi connectivity index (χ4v) is 1.36. The van der Waals surface area contributed by atoms with Crippen LogP contribution in [0.25, 0.3) is 0 Å². The molecule has 0 fully saturated rings. The lowest BCUT2D eigenvalue weighted by molar-refractivity contribution is 0.326. The molecule has 16 heavy (non-hydrogen) atoms. The fourth-order valence-electron chi connectivity index (χ4n) is 1.36. The number of anilines is 1. The van der Waals surface area contributed by atoms with Crippen LogP contribution in [0.4, 0.5) is 5.82 Å². The van der Waals surface area contributed by atoms with Gasteiger partial charge < -0.3 is 15.4 Å². The molecule has 0 aliphatic carbocycles. The maximum absolute atomic E-state index is 5.30. The van der Waals surface area contributed by atoms with E-state index in [0.717, 1.165) is 18.9 Å². The Morgan fingerprint density at radius 2 is 2.19 bits per heavy atom. The molecule has 0 aliphatic heterocycles. The van der Waals surface area contributed by atoms with Crippen molar-refractivity contribution in [2.75, 3.05) is 32.1 Å². The van der Waals surface area contributed by atoms with Crippen molar-refractivity contribution < 1.29 is 4.74 Å². The van der Waals surface area contributed by atoms with Crippen LogP contribution < -0.4 is 15.4 Å². The largest absolute Gasteiger partial charge is 0.478 e. The van der Waals surface area contributed by atoms with Gasteiger partial charge in [-0.05, 0) is 26.4 Å². The molecule has 2 N–H and O–H groups in total. The summed E-state index contributed by atoms with van der Waals surface area (Å²) in [4.78, 5) is 8.14. The average Bonchev–Trinajstić information content (AvgIpc) is 2.28. The first kappa shape index (κ1) is 12.7. The van der Waals surface area contributed by atoms with Gasteiger partial charge in [-0.3, -0.25) is 0 Å². The highest BCUT2D eigenvalue weighted by molar-refractivity contribution is 5.36. The van der Waals surface area contributed by atoms with Crippen molar-refractivity contribution in [3.05, 3.63) is 12.4 Å². The average molecular weight is 224 g/mol. The van der Waals surface area contributed by atoms with Gasteiger partial charge in [0.2, 0.25) is 5.88 Å². The zero-order valence-electron chi connectivity index (χ0n) is 10.2.